The standard InChI is InChI=1S/C22H40N2O7/c1-20(2,3)15(11-13-17(27)30-21(4,5)6)24-19(29)23-14(10-12-16(25)26)18(28)31-22(7,8)9/h14-15H,10-13H2,1-9H3,(H,25,26)(H2,23,24,29)/t14-,15+/m1/s1. The van der Waals surface area contributed by atoms with E-state index in [1.807, 2.05) is 20.8 Å². The number of carboxylic acid groups (broad SMARTS) is 1. The summed E-state index contributed by atoms with van der Waals surface area (Å²) in [6, 6.07) is -2.13. The van der Waals surface area contributed by atoms with Crippen LogP contribution in [0.15, 0.2) is 0 Å². The molecule has 0 heterocycles. The van der Waals surface area contributed by atoms with Gasteiger partial charge in [0.1, 0.15) is 17.2 Å². The van der Waals surface area contributed by atoms with Crippen molar-refractivity contribution in [3.63, 3.8) is 0 Å². The van der Waals surface area contributed by atoms with Gasteiger partial charge < -0.3 is 25.2 Å². The summed E-state index contributed by atoms with van der Waals surface area (Å²) in [4.78, 5) is 48.0. The lowest BCUT2D eigenvalue weighted by molar-refractivity contribution is -0.157. The van der Waals surface area contributed by atoms with E-state index < -0.39 is 41.3 Å². The molecule has 31 heavy (non-hydrogen) atoms. The number of amides is 2. The van der Waals surface area contributed by atoms with E-state index in [0.717, 1.165) is 0 Å². The van der Waals surface area contributed by atoms with Gasteiger partial charge in [0.15, 0.2) is 0 Å². The van der Waals surface area contributed by atoms with E-state index in [2.05, 4.69) is 10.6 Å². The molecule has 0 aromatic rings. The Morgan fingerprint density at radius 2 is 1.29 bits per heavy atom. The molecule has 9 nitrogen and oxygen atoms in total. The van der Waals surface area contributed by atoms with Crippen molar-refractivity contribution >= 4 is 23.9 Å². The van der Waals surface area contributed by atoms with Crippen molar-refractivity contribution in [2.75, 3.05) is 0 Å². The highest BCUT2D eigenvalue weighted by molar-refractivity contribution is 5.84. The Morgan fingerprint density at radius 1 is 0.774 bits per heavy atom. The number of carboxylic acids is 1. The predicted molar refractivity (Wildman–Crippen MR) is 116 cm³/mol. The zero-order valence-electron chi connectivity index (χ0n) is 20.4. The van der Waals surface area contributed by atoms with E-state index in [1.165, 1.54) is 0 Å². The molecular weight excluding hydrogens is 404 g/mol. The van der Waals surface area contributed by atoms with Crippen LogP contribution in [0.2, 0.25) is 0 Å². The Balaban J connectivity index is 5.15. The summed E-state index contributed by atoms with van der Waals surface area (Å²) in [5, 5.41) is 14.3. The lowest BCUT2D eigenvalue weighted by atomic mass is 9.84. The maximum absolute atomic E-state index is 12.6. The van der Waals surface area contributed by atoms with Crippen molar-refractivity contribution in [2.24, 2.45) is 5.41 Å². The van der Waals surface area contributed by atoms with Gasteiger partial charge in [0.25, 0.3) is 0 Å². The van der Waals surface area contributed by atoms with Gasteiger partial charge in [-0.25, -0.2) is 9.59 Å². The quantitative estimate of drug-likeness (QED) is 0.464. The van der Waals surface area contributed by atoms with Crippen LogP contribution in [0.4, 0.5) is 4.79 Å². The number of nitrogens with one attached hydrogen (secondary N) is 2. The Hall–Kier alpha value is -2.32. The number of carbonyl (C=O) groups excluding carboxylic acids is 3. The Labute approximate surface area is 185 Å². The van der Waals surface area contributed by atoms with Crippen LogP contribution in [0, 0.1) is 5.41 Å². The van der Waals surface area contributed by atoms with Crippen LogP contribution in [-0.2, 0) is 23.9 Å². The molecule has 0 spiro atoms. The molecular formula is C22H40N2O7. The average Bonchev–Trinajstić information content (AvgIpc) is 2.50. The van der Waals surface area contributed by atoms with Gasteiger partial charge in [-0.15, -0.1) is 0 Å². The first-order chi connectivity index (χ1) is 13.8. The van der Waals surface area contributed by atoms with Crippen molar-refractivity contribution in [1.82, 2.24) is 10.6 Å². The summed E-state index contributed by atoms with van der Waals surface area (Å²) in [5.41, 5.74) is -1.75. The molecule has 0 saturated heterocycles. The minimum atomic E-state index is -1.11. The van der Waals surface area contributed by atoms with Crippen LogP contribution in [-0.4, -0.2) is 52.3 Å². The van der Waals surface area contributed by atoms with Gasteiger partial charge in [0.05, 0.1) is 0 Å². The van der Waals surface area contributed by atoms with E-state index in [0.29, 0.717) is 6.42 Å². The van der Waals surface area contributed by atoms with Crippen molar-refractivity contribution in [3.8, 4) is 0 Å². The second-order valence-corrected chi connectivity index (χ2v) is 10.7. The highest BCUT2D eigenvalue weighted by Gasteiger charge is 2.31. The van der Waals surface area contributed by atoms with Gasteiger partial charge in [-0.3, -0.25) is 9.59 Å². The van der Waals surface area contributed by atoms with Gasteiger partial charge >= 0.3 is 23.9 Å². The molecule has 9 heteroatoms. The minimum Gasteiger partial charge on any atom is -0.481 e. The fourth-order valence-corrected chi connectivity index (χ4v) is 2.62. The zero-order chi connectivity index (χ0) is 24.6. The van der Waals surface area contributed by atoms with Crippen molar-refractivity contribution in [1.29, 1.82) is 0 Å². The van der Waals surface area contributed by atoms with Gasteiger partial charge in [-0.2, -0.15) is 0 Å². The van der Waals surface area contributed by atoms with E-state index in [-0.39, 0.29) is 30.6 Å². The monoisotopic (exact) mass is 444 g/mol. The molecule has 0 saturated carbocycles. The van der Waals surface area contributed by atoms with Crippen molar-refractivity contribution in [3.05, 3.63) is 0 Å². The summed E-state index contributed by atoms with van der Waals surface area (Å²) < 4.78 is 10.6. The number of esters is 2. The van der Waals surface area contributed by atoms with Crippen molar-refractivity contribution < 1.29 is 33.8 Å². The fraction of sp³-hybridized carbons (Fsp3) is 0.818. The molecule has 0 aromatic carbocycles. The van der Waals surface area contributed by atoms with Crippen LogP contribution in [0.25, 0.3) is 0 Å². The smallest absolute Gasteiger partial charge is 0.329 e. The molecule has 2 amide bonds. The molecule has 180 valence electrons. The van der Waals surface area contributed by atoms with Gasteiger partial charge in [-0.05, 0) is 59.8 Å². The first-order valence-electron chi connectivity index (χ1n) is 10.5. The molecule has 0 fully saturated rings. The normalized spacial score (nSPS) is 14.2. The van der Waals surface area contributed by atoms with Crippen LogP contribution >= 0.6 is 0 Å². The van der Waals surface area contributed by atoms with Crippen LogP contribution in [0.1, 0.15) is 88.0 Å². The maximum atomic E-state index is 12.6. The Bertz CT molecular complexity index is 640. The lowest BCUT2D eigenvalue weighted by Gasteiger charge is -2.32. The number of hydrogen-bond acceptors (Lipinski definition) is 6. The second kappa shape index (κ2) is 11.3. The number of aliphatic carboxylic acids is 1. The highest BCUT2D eigenvalue weighted by Crippen LogP contribution is 2.24. The van der Waals surface area contributed by atoms with E-state index in [1.54, 1.807) is 41.5 Å². The third-order valence-electron chi connectivity index (χ3n) is 4.05. The van der Waals surface area contributed by atoms with Crippen LogP contribution in [0.5, 0.6) is 0 Å². The number of hydrogen-bond donors (Lipinski definition) is 3. The third kappa shape index (κ3) is 14.3. The summed E-state index contributed by atoms with van der Waals surface area (Å²) in [5.74, 6) is -2.15. The van der Waals surface area contributed by atoms with Crippen molar-refractivity contribution in [2.45, 2.75) is 111 Å². The summed E-state index contributed by atoms with van der Waals surface area (Å²) in [6.07, 6.45) is 0.0628. The number of ether oxygens (including phenoxy) is 2. The predicted octanol–water partition coefficient (Wildman–Crippen LogP) is 3.40. The molecule has 0 aliphatic heterocycles. The van der Waals surface area contributed by atoms with E-state index in [4.69, 9.17) is 14.6 Å². The van der Waals surface area contributed by atoms with Crippen LogP contribution < -0.4 is 10.6 Å². The molecule has 0 aliphatic carbocycles. The third-order valence-corrected chi connectivity index (χ3v) is 4.05. The average molecular weight is 445 g/mol. The topological polar surface area (TPSA) is 131 Å². The molecule has 0 unspecified atom stereocenters. The molecule has 2 atom stereocenters. The second-order valence-electron chi connectivity index (χ2n) is 10.7. The molecule has 0 aliphatic rings. The first kappa shape index (κ1) is 28.7. The SMILES string of the molecule is CC(C)(C)OC(=O)CC[C@H](NC(=O)N[C@H](CCC(=O)O)C(=O)OC(C)(C)C)C(C)(C)C. The largest absolute Gasteiger partial charge is 0.481 e. The number of urea groups is 1. The Morgan fingerprint density at radius 3 is 1.71 bits per heavy atom. The minimum absolute atomic E-state index is 0.101. The zero-order valence-corrected chi connectivity index (χ0v) is 20.4. The van der Waals surface area contributed by atoms with Gasteiger partial charge in [0.2, 0.25) is 0 Å². The van der Waals surface area contributed by atoms with Crippen LogP contribution in [0.3, 0.4) is 0 Å². The molecule has 0 aromatic heterocycles. The fourth-order valence-electron chi connectivity index (χ4n) is 2.62. The van der Waals surface area contributed by atoms with Gasteiger partial charge in [0, 0.05) is 18.9 Å². The Kier molecular flexibility index (Phi) is 10.5. The summed E-state index contributed by atoms with van der Waals surface area (Å²) >= 11 is 0. The number of carbonyl (C=O) groups is 4. The number of rotatable bonds is 9. The first-order valence-corrected chi connectivity index (χ1v) is 10.5. The van der Waals surface area contributed by atoms with E-state index >= 15 is 0 Å². The molecule has 0 bridgehead atoms. The lowest BCUT2D eigenvalue weighted by Crippen LogP contribution is -2.53. The van der Waals surface area contributed by atoms with Gasteiger partial charge in [-0.1, -0.05) is 20.8 Å². The highest BCUT2D eigenvalue weighted by atomic mass is 16.6. The van der Waals surface area contributed by atoms with E-state index in [9.17, 15) is 19.2 Å². The molecule has 0 radical (unpaired) electrons. The maximum Gasteiger partial charge on any atom is 0.329 e. The summed E-state index contributed by atoms with van der Waals surface area (Å²) in [7, 11) is 0. The summed E-state index contributed by atoms with van der Waals surface area (Å²) in [6.45, 7) is 16.2. The molecule has 0 rings (SSSR count). The molecule has 3 N–H and O–H groups in total.